The van der Waals surface area contributed by atoms with Crippen molar-refractivity contribution in [3.8, 4) is 17.2 Å². The average Bonchev–Trinajstić information content (AvgIpc) is 2.65. The van der Waals surface area contributed by atoms with Crippen LogP contribution >= 0.6 is 0 Å². The van der Waals surface area contributed by atoms with E-state index < -0.39 is 14.4 Å². The van der Waals surface area contributed by atoms with Gasteiger partial charge in [-0.05, 0) is 55.5 Å². The summed E-state index contributed by atoms with van der Waals surface area (Å²) in [5.74, 6) is 1.59. The van der Waals surface area contributed by atoms with E-state index in [1.54, 1.807) is 14.2 Å². The normalized spacial score (nSPS) is 15.9. The Bertz CT molecular complexity index is 761. The summed E-state index contributed by atoms with van der Waals surface area (Å²) in [6, 6.07) is 3.76. The molecule has 0 N–H and O–H groups in total. The number of carbonyl (C=O) groups excluding carboxylic acids is 1. The first-order valence-electron chi connectivity index (χ1n) is 10.3. The van der Waals surface area contributed by atoms with Gasteiger partial charge >= 0.3 is 5.97 Å². The maximum atomic E-state index is 12.0. The summed E-state index contributed by atoms with van der Waals surface area (Å²) in [4.78, 5) is 12.0. The van der Waals surface area contributed by atoms with E-state index in [-0.39, 0.29) is 11.0 Å². The largest absolute Gasteiger partial charge is 0.543 e. The molecular formula is C23H36O5Si. The molecule has 29 heavy (non-hydrogen) atoms. The summed E-state index contributed by atoms with van der Waals surface area (Å²) >= 11 is 0. The number of methoxy groups -OCH3 is 2. The van der Waals surface area contributed by atoms with Gasteiger partial charge in [0.05, 0.1) is 14.2 Å². The maximum absolute atomic E-state index is 12.0. The summed E-state index contributed by atoms with van der Waals surface area (Å²) in [6.45, 7) is 12.5. The fraction of sp³-hybridized carbons (Fsp3) is 0.609. The van der Waals surface area contributed by atoms with Crippen LogP contribution in [0.15, 0.2) is 23.8 Å². The van der Waals surface area contributed by atoms with Crippen LogP contribution in [-0.2, 0) is 9.53 Å². The van der Waals surface area contributed by atoms with Gasteiger partial charge in [0.25, 0.3) is 0 Å². The lowest BCUT2D eigenvalue weighted by molar-refractivity contribution is -0.145. The Balaban J connectivity index is 2.64. The van der Waals surface area contributed by atoms with E-state index in [9.17, 15) is 4.79 Å². The molecule has 162 valence electrons. The van der Waals surface area contributed by atoms with Gasteiger partial charge in [-0.25, -0.2) is 0 Å². The first kappa shape index (κ1) is 23.3. The summed E-state index contributed by atoms with van der Waals surface area (Å²) in [5, 5.41) is 0.0263. The van der Waals surface area contributed by atoms with Crippen LogP contribution in [0.25, 0.3) is 0 Å². The monoisotopic (exact) mass is 420 g/mol. The van der Waals surface area contributed by atoms with E-state index in [1.807, 2.05) is 12.1 Å². The van der Waals surface area contributed by atoms with E-state index >= 15 is 0 Å². The minimum Gasteiger partial charge on any atom is -0.543 e. The van der Waals surface area contributed by atoms with Crippen molar-refractivity contribution in [1.29, 1.82) is 0 Å². The van der Waals surface area contributed by atoms with Gasteiger partial charge < -0.3 is 18.6 Å². The molecule has 6 heteroatoms. The molecule has 0 amide bonds. The molecule has 5 nitrogen and oxygen atoms in total. The second-order valence-corrected chi connectivity index (χ2v) is 13.8. The highest BCUT2D eigenvalue weighted by molar-refractivity contribution is 6.74. The summed E-state index contributed by atoms with van der Waals surface area (Å²) < 4.78 is 23.6. The van der Waals surface area contributed by atoms with Crippen LogP contribution in [0, 0.1) is 0 Å². The van der Waals surface area contributed by atoms with Crippen LogP contribution in [0.2, 0.25) is 18.1 Å². The number of rotatable bonds is 7. The van der Waals surface area contributed by atoms with E-state index in [1.165, 1.54) is 6.92 Å². The third-order valence-corrected chi connectivity index (χ3v) is 10.3. The van der Waals surface area contributed by atoms with Crippen molar-refractivity contribution in [3.05, 3.63) is 29.3 Å². The summed E-state index contributed by atoms with van der Waals surface area (Å²) in [7, 11) is 1.09. The number of carbonyl (C=O) groups is 1. The maximum Gasteiger partial charge on any atom is 0.303 e. The second kappa shape index (κ2) is 9.24. The van der Waals surface area contributed by atoms with E-state index in [0.29, 0.717) is 17.2 Å². The fourth-order valence-corrected chi connectivity index (χ4v) is 4.24. The number of benzene rings is 1. The average molecular weight is 421 g/mol. The summed E-state index contributed by atoms with van der Waals surface area (Å²) in [5.41, 5.74) is 1.94. The van der Waals surface area contributed by atoms with Crippen LogP contribution in [0.4, 0.5) is 0 Å². The Hall–Kier alpha value is -1.95. The molecule has 1 aliphatic rings. The van der Waals surface area contributed by atoms with E-state index in [2.05, 4.69) is 39.9 Å². The van der Waals surface area contributed by atoms with Crippen molar-refractivity contribution in [2.24, 2.45) is 0 Å². The minimum absolute atomic E-state index is 0.0263. The number of hydrogen-bond acceptors (Lipinski definition) is 5. The zero-order valence-corrected chi connectivity index (χ0v) is 20.2. The number of allylic oxidation sites excluding steroid dienone is 1. The molecule has 1 atom stereocenters. The molecule has 0 heterocycles. The van der Waals surface area contributed by atoms with Crippen molar-refractivity contribution < 1.29 is 23.4 Å². The van der Waals surface area contributed by atoms with Gasteiger partial charge in [-0.15, -0.1) is 0 Å². The third-order valence-electron chi connectivity index (χ3n) is 5.92. The topological polar surface area (TPSA) is 54.0 Å². The highest BCUT2D eigenvalue weighted by Gasteiger charge is 2.40. The SMILES string of the molecule is COc1cc(O[Si](C)(C)C(C)(C)C)c(C(OC(C)=O)C2=CCCCC2)cc1OC. The van der Waals surface area contributed by atoms with Gasteiger partial charge in [-0.3, -0.25) is 4.79 Å². The molecule has 0 fully saturated rings. The molecular weight excluding hydrogens is 384 g/mol. The van der Waals surface area contributed by atoms with E-state index in [0.717, 1.165) is 36.8 Å². The summed E-state index contributed by atoms with van der Waals surface area (Å²) in [6.07, 6.45) is 5.88. The van der Waals surface area contributed by atoms with Gasteiger partial charge in [0.2, 0.25) is 8.32 Å². The lowest BCUT2D eigenvalue weighted by atomic mass is 9.91. The number of esters is 1. The Labute approximate surface area is 176 Å². The van der Waals surface area contributed by atoms with Crippen molar-refractivity contribution in [2.45, 2.75) is 77.6 Å². The van der Waals surface area contributed by atoms with Crippen LogP contribution < -0.4 is 13.9 Å². The molecule has 0 radical (unpaired) electrons. The molecule has 0 aliphatic heterocycles. The standard InChI is InChI=1S/C23H36O5Si/c1-16(24)27-22(17-12-10-9-11-13-17)18-14-20(25-5)21(26-6)15-19(18)28-29(7,8)23(2,3)4/h12,14-15,22H,9-11,13H2,1-8H3. The zero-order valence-electron chi connectivity index (χ0n) is 19.2. The molecule has 0 aromatic heterocycles. The minimum atomic E-state index is -2.13. The van der Waals surface area contributed by atoms with Crippen LogP contribution in [-0.4, -0.2) is 28.5 Å². The van der Waals surface area contributed by atoms with Gasteiger partial charge in [0.1, 0.15) is 5.75 Å². The Morgan fingerprint density at radius 3 is 2.14 bits per heavy atom. The van der Waals surface area contributed by atoms with Crippen molar-refractivity contribution in [2.75, 3.05) is 14.2 Å². The molecule has 0 saturated heterocycles. The van der Waals surface area contributed by atoms with Crippen molar-refractivity contribution >= 4 is 14.3 Å². The Morgan fingerprint density at radius 1 is 1.03 bits per heavy atom. The van der Waals surface area contributed by atoms with Gasteiger partial charge in [-0.1, -0.05) is 26.8 Å². The van der Waals surface area contributed by atoms with Crippen LogP contribution in [0.1, 0.15) is 65.0 Å². The lowest BCUT2D eigenvalue weighted by Crippen LogP contribution is -2.44. The molecule has 0 bridgehead atoms. The Morgan fingerprint density at radius 2 is 1.66 bits per heavy atom. The Kier molecular flexibility index (Phi) is 7.43. The van der Waals surface area contributed by atoms with Gasteiger partial charge in [-0.2, -0.15) is 0 Å². The quantitative estimate of drug-likeness (QED) is 0.299. The predicted molar refractivity (Wildman–Crippen MR) is 118 cm³/mol. The van der Waals surface area contributed by atoms with Crippen LogP contribution in [0.5, 0.6) is 17.2 Å². The first-order chi connectivity index (χ1) is 13.5. The lowest BCUT2D eigenvalue weighted by Gasteiger charge is -2.38. The molecule has 2 rings (SSSR count). The fourth-order valence-electron chi connectivity index (χ4n) is 3.20. The molecule has 1 aliphatic carbocycles. The highest BCUT2D eigenvalue weighted by Crippen LogP contribution is 2.46. The van der Waals surface area contributed by atoms with Gasteiger partial charge in [0, 0.05) is 18.6 Å². The van der Waals surface area contributed by atoms with Crippen LogP contribution in [0.3, 0.4) is 0 Å². The number of hydrogen-bond donors (Lipinski definition) is 0. The zero-order chi connectivity index (χ0) is 21.8. The van der Waals surface area contributed by atoms with Gasteiger partial charge in [0.15, 0.2) is 17.6 Å². The molecule has 0 spiro atoms. The number of ether oxygens (including phenoxy) is 3. The first-order valence-corrected chi connectivity index (χ1v) is 13.2. The van der Waals surface area contributed by atoms with Crippen molar-refractivity contribution in [1.82, 2.24) is 0 Å². The second-order valence-electron chi connectivity index (χ2n) is 9.12. The molecule has 1 aromatic rings. The molecule has 1 unspecified atom stereocenters. The van der Waals surface area contributed by atoms with E-state index in [4.69, 9.17) is 18.6 Å². The molecule has 1 aromatic carbocycles. The smallest absolute Gasteiger partial charge is 0.303 e. The third kappa shape index (κ3) is 5.56. The highest BCUT2D eigenvalue weighted by atomic mass is 28.4. The predicted octanol–water partition coefficient (Wildman–Crippen LogP) is 6.19. The van der Waals surface area contributed by atoms with Crippen molar-refractivity contribution in [3.63, 3.8) is 0 Å². The molecule has 0 saturated carbocycles.